The standard InChI is InChI=1S/C26H18Cl4O8/c27-17-7-1-14(2-8-17)23(31)34-13-20-21(36-24(32)15-3-9-18(28)10-4-15)22(26(35-20)38-30)37-25(33)16-5-11-19(29)12-6-16/h1-12,20-22,26H,13H2/t20-,21-,22-,26+/m1/s1. The van der Waals surface area contributed by atoms with Crippen LogP contribution >= 0.6 is 46.7 Å². The van der Waals surface area contributed by atoms with Crippen molar-refractivity contribution in [2.24, 2.45) is 0 Å². The van der Waals surface area contributed by atoms with Crippen molar-refractivity contribution in [1.29, 1.82) is 0 Å². The highest BCUT2D eigenvalue weighted by Crippen LogP contribution is 2.31. The second-order valence-electron chi connectivity index (χ2n) is 7.99. The van der Waals surface area contributed by atoms with Gasteiger partial charge in [0, 0.05) is 15.1 Å². The van der Waals surface area contributed by atoms with Gasteiger partial charge in [0.15, 0.2) is 12.2 Å². The molecule has 0 aromatic heterocycles. The van der Waals surface area contributed by atoms with E-state index in [0.29, 0.717) is 15.1 Å². The first-order chi connectivity index (χ1) is 18.2. The number of carbonyl (C=O) groups is 3. The fourth-order valence-electron chi connectivity index (χ4n) is 3.55. The van der Waals surface area contributed by atoms with Gasteiger partial charge in [0.2, 0.25) is 6.29 Å². The van der Waals surface area contributed by atoms with E-state index in [-0.39, 0.29) is 23.3 Å². The molecule has 0 bridgehead atoms. The lowest BCUT2D eigenvalue weighted by Gasteiger charge is -2.23. The molecule has 0 amide bonds. The second kappa shape index (κ2) is 12.8. The summed E-state index contributed by atoms with van der Waals surface area (Å²) in [5.74, 6) is -2.23. The Labute approximate surface area is 237 Å². The van der Waals surface area contributed by atoms with Crippen molar-refractivity contribution < 1.29 is 37.6 Å². The molecule has 3 aromatic carbocycles. The SMILES string of the molecule is O=C(OC[C@H]1O[C@@H](OCl)[C@H](OC(=O)c2ccc(Cl)cc2)[C@@H]1OC(=O)c1ccc(Cl)cc1)c1ccc(Cl)cc1. The van der Waals surface area contributed by atoms with Gasteiger partial charge in [-0.25, -0.2) is 18.7 Å². The first-order valence-electron chi connectivity index (χ1n) is 11.0. The van der Waals surface area contributed by atoms with E-state index in [9.17, 15) is 14.4 Å². The molecule has 38 heavy (non-hydrogen) atoms. The quantitative estimate of drug-likeness (QED) is 0.225. The fourth-order valence-corrected chi connectivity index (χ4v) is 4.07. The van der Waals surface area contributed by atoms with Crippen molar-refractivity contribution >= 4 is 64.6 Å². The summed E-state index contributed by atoms with van der Waals surface area (Å²) in [7, 11) is 0. The summed E-state index contributed by atoms with van der Waals surface area (Å²) >= 11 is 23.3. The van der Waals surface area contributed by atoms with Crippen LogP contribution in [0.15, 0.2) is 72.8 Å². The number of esters is 3. The Morgan fingerprint density at radius 1 is 0.632 bits per heavy atom. The number of hydrogen-bond donors (Lipinski definition) is 0. The van der Waals surface area contributed by atoms with Crippen molar-refractivity contribution in [3.63, 3.8) is 0 Å². The summed E-state index contributed by atoms with van der Waals surface area (Å²) < 4.78 is 27.1. The Balaban J connectivity index is 1.55. The van der Waals surface area contributed by atoms with Gasteiger partial charge < -0.3 is 18.9 Å². The molecule has 1 aliphatic rings. The molecule has 1 heterocycles. The summed E-state index contributed by atoms with van der Waals surface area (Å²) in [6.45, 7) is -0.383. The molecule has 1 fully saturated rings. The van der Waals surface area contributed by atoms with Crippen LogP contribution in [0.5, 0.6) is 0 Å². The minimum absolute atomic E-state index is 0.170. The molecule has 0 aliphatic carbocycles. The van der Waals surface area contributed by atoms with Crippen molar-refractivity contribution in [1.82, 2.24) is 0 Å². The lowest BCUT2D eigenvalue weighted by molar-refractivity contribution is -0.117. The minimum Gasteiger partial charge on any atom is -0.459 e. The molecule has 4 atom stereocenters. The molecule has 1 saturated heterocycles. The van der Waals surface area contributed by atoms with Crippen LogP contribution in [0.1, 0.15) is 31.1 Å². The van der Waals surface area contributed by atoms with E-state index >= 15 is 0 Å². The smallest absolute Gasteiger partial charge is 0.338 e. The molecule has 0 spiro atoms. The number of rotatable bonds is 8. The van der Waals surface area contributed by atoms with Crippen LogP contribution in [-0.2, 0) is 23.2 Å². The minimum atomic E-state index is -1.35. The molecule has 4 rings (SSSR count). The van der Waals surface area contributed by atoms with Gasteiger partial charge in [-0.15, -0.1) is 0 Å². The van der Waals surface area contributed by atoms with Gasteiger partial charge in [0.25, 0.3) is 0 Å². The zero-order chi connectivity index (χ0) is 27.2. The third-order valence-corrected chi connectivity index (χ3v) is 6.39. The van der Waals surface area contributed by atoms with Crippen molar-refractivity contribution in [2.75, 3.05) is 6.61 Å². The van der Waals surface area contributed by atoms with Gasteiger partial charge in [-0.1, -0.05) is 34.8 Å². The average molecular weight is 600 g/mol. The molecule has 0 radical (unpaired) electrons. The van der Waals surface area contributed by atoms with Gasteiger partial charge >= 0.3 is 17.9 Å². The third kappa shape index (κ3) is 6.96. The van der Waals surface area contributed by atoms with Crippen LogP contribution in [0, 0.1) is 0 Å². The molecule has 0 N–H and O–H groups in total. The van der Waals surface area contributed by atoms with Crippen LogP contribution in [0.4, 0.5) is 0 Å². The summed E-state index contributed by atoms with van der Waals surface area (Å²) in [5, 5.41) is 1.29. The Hall–Kier alpha value is -2.85. The van der Waals surface area contributed by atoms with Crippen LogP contribution < -0.4 is 0 Å². The van der Waals surface area contributed by atoms with Crippen molar-refractivity contribution in [3.05, 3.63) is 105 Å². The lowest BCUT2D eigenvalue weighted by atomic mass is 10.1. The van der Waals surface area contributed by atoms with Crippen LogP contribution in [0.25, 0.3) is 0 Å². The largest absolute Gasteiger partial charge is 0.459 e. The Morgan fingerprint density at radius 2 is 1.03 bits per heavy atom. The Kier molecular flexibility index (Phi) is 9.49. The van der Waals surface area contributed by atoms with Crippen LogP contribution in [0.3, 0.4) is 0 Å². The maximum atomic E-state index is 12.9. The van der Waals surface area contributed by atoms with Gasteiger partial charge in [0.1, 0.15) is 12.7 Å². The molecule has 0 saturated carbocycles. The molecule has 1 aliphatic heterocycles. The number of ether oxygens (including phenoxy) is 4. The predicted octanol–water partition coefficient (Wildman–Crippen LogP) is 6.15. The molecular formula is C26H18Cl4O8. The molecule has 8 nitrogen and oxygen atoms in total. The van der Waals surface area contributed by atoms with Gasteiger partial charge in [0.05, 0.1) is 28.6 Å². The van der Waals surface area contributed by atoms with E-state index in [1.165, 1.54) is 72.8 Å². The Bertz CT molecular complexity index is 1280. The summed E-state index contributed by atoms with van der Waals surface area (Å²) in [6.07, 6.45) is -5.04. The highest BCUT2D eigenvalue weighted by atomic mass is 35.5. The van der Waals surface area contributed by atoms with E-state index in [4.69, 9.17) is 69.9 Å². The first-order valence-corrected chi connectivity index (χ1v) is 12.5. The van der Waals surface area contributed by atoms with Gasteiger partial charge in [-0.05, 0) is 72.8 Å². The van der Waals surface area contributed by atoms with E-state index in [1.54, 1.807) is 0 Å². The summed E-state index contributed by atoms with van der Waals surface area (Å²) in [5.41, 5.74) is 0.574. The van der Waals surface area contributed by atoms with E-state index in [2.05, 4.69) is 0 Å². The monoisotopic (exact) mass is 598 g/mol. The summed E-state index contributed by atoms with van der Waals surface area (Å²) in [6, 6.07) is 17.9. The lowest BCUT2D eigenvalue weighted by Crippen LogP contribution is -2.42. The molecular weight excluding hydrogens is 582 g/mol. The zero-order valence-corrected chi connectivity index (χ0v) is 22.2. The van der Waals surface area contributed by atoms with Gasteiger partial charge in [-0.3, -0.25) is 0 Å². The zero-order valence-electron chi connectivity index (χ0n) is 19.2. The number of halogens is 4. The molecule has 3 aromatic rings. The maximum absolute atomic E-state index is 12.9. The Morgan fingerprint density at radius 3 is 1.45 bits per heavy atom. The van der Waals surface area contributed by atoms with Crippen LogP contribution in [-0.4, -0.2) is 49.1 Å². The van der Waals surface area contributed by atoms with Crippen molar-refractivity contribution in [3.8, 4) is 0 Å². The topological polar surface area (TPSA) is 97.4 Å². The third-order valence-electron chi connectivity index (χ3n) is 5.46. The normalized spacial score (nSPS) is 20.5. The van der Waals surface area contributed by atoms with E-state index in [0.717, 1.165) is 0 Å². The van der Waals surface area contributed by atoms with E-state index < -0.39 is 42.5 Å². The summed E-state index contributed by atoms with van der Waals surface area (Å²) in [4.78, 5) is 38.3. The van der Waals surface area contributed by atoms with Crippen molar-refractivity contribution in [2.45, 2.75) is 24.6 Å². The molecule has 12 heteroatoms. The van der Waals surface area contributed by atoms with E-state index in [1.807, 2.05) is 0 Å². The average Bonchev–Trinajstić information content (AvgIpc) is 3.24. The molecule has 198 valence electrons. The number of carbonyl (C=O) groups excluding carboxylic acids is 3. The molecule has 0 unspecified atom stereocenters. The highest BCUT2D eigenvalue weighted by molar-refractivity contribution is 6.31. The number of benzene rings is 3. The maximum Gasteiger partial charge on any atom is 0.338 e. The highest BCUT2D eigenvalue weighted by Gasteiger charge is 2.51. The second-order valence-corrected chi connectivity index (χ2v) is 9.48. The predicted molar refractivity (Wildman–Crippen MR) is 139 cm³/mol. The van der Waals surface area contributed by atoms with Gasteiger partial charge in [-0.2, -0.15) is 0 Å². The first kappa shape index (κ1) is 28.2. The van der Waals surface area contributed by atoms with Crippen LogP contribution in [0.2, 0.25) is 15.1 Å². The number of hydrogen-bond acceptors (Lipinski definition) is 8. The fraction of sp³-hybridized carbons (Fsp3) is 0.192.